The summed E-state index contributed by atoms with van der Waals surface area (Å²) in [7, 11) is 1.58. The number of nitriles is 1. The van der Waals surface area contributed by atoms with Crippen LogP contribution in [0.25, 0.3) is 11.0 Å². The molecule has 2 heterocycles. The van der Waals surface area contributed by atoms with Crippen LogP contribution in [-0.2, 0) is 12.0 Å². The molecule has 1 aromatic heterocycles. The molecule has 0 saturated carbocycles. The zero-order valence-electron chi connectivity index (χ0n) is 21.7. The van der Waals surface area contributed by atoms with Crippen molar-refractivity contribution >= 4 is 11.0 Å². The Hall–Kier alpha value is -4.70. The van der Waals surface area contributed by atoms with Crippen LogP contribution in [0.1, 0.15) is 48.9 Å². The normalized spacial score (nSPS) is 15.0. The van der Waals surface area contributed by atoms with Gasteiger partial charge in [-0.05, 0) is 52.9 Å². The van der Waals surface area contributed by atoms with Gasteiger partial charge in [-0.15, -0.1) is 0 Å². The molecule has 0 spiro atoms. The van der Waals surface area contributed by atoms with Gasteiger partial charge in [0.25, 0.3) is 0 Å². The van der Waals surface area contributed by atoms with Crippen LogP contribution in [0.2, 0.25) is 0 Å². The van der Waals surface area contributed by atoms with Crippen molar-refractivity contribution in [3.8, 4) is 23.3 Å². The van der Waals surface area contributed by atoms with Gasteiger partial charge in [0.15, 0.2) is 5.75 Å². The van der Waals surface area contributed by atoms with Gasteiger partial charge in [0.2, 0.25) is 5.88 Å². The molecule has 0 saturated heterocycles. The summed E-state index contributed by atoms with van der Waals surface area (Å²) in [5, 5.41) is 10.6. The third-order valence-electron chi connectivity index (χ3n) is 6.73. The number of benzene rings is 3. The predicted molar refractivity (Wildman–Crippen MR) is 144 cm³/mol. The van der Waals surface area contributed by atoms with Gasteiger partial charge >= 0.3 is 5.63 Å². The molecule has 0 amide bonds. The van der Waals surface area contributed by atoms with Crippen molar-refractivity contribution in [3.63, 3.8) is 0 Å². The maximum Gasteiger partial charge on any atom is 0.344 e. The number of nitrogens with two attached hydrogens (primary N) is 1. The third kappa shape index (κ3) is 4.46. The average Bonchev–Trinajstić information content (AvgIpc) is 2.91. The first kappa shape index (κ1) is 25.0. The van der Waals surface area contributed by atoms with E-state index in [0.29, 0.717) is 28.0 Å². The first-order chi connectivity index (χ1) is 18.2. The Morgan fingerprint density at radius 2 is 1.79 bits per heavy atom. The summed E-state index contributed by atoms with van der Waals surface area (Å²) in [6, 6.07) is 22.6. The van der Waals surface area contributed by atoms with Gasteiger partial charge in [0.05, 0.1) is 24.0 Å². The van der Waals surface area contributed by atoms with Crippen molar-refractivity contribution in [1.29, 1.82) is 5.26 Å². The maximum absolute atomic E-state index is 13.2. The lowest BCUT2D eigenvalue weighted by atomic mass is 9.83. The van der Waals surface area contributed by atoms with E-state index in [1.165, 1.54) is 5.56 Å². The molecule has 7 heteroatoms. The molecule has 3 aromatic carbocycles. The van der Waals surface area contributed by atoms with Gasteiger partial charge in [0, 0.05) is 5.56 Å². The minimum absolute atomic E-state index is 0.0436. The fourth-order valence-electron chi connectivity index (χ4n) is 4.70. The first-order valence-corrected chi connectivity index (χ1v) is 12.2. The number of hydrogen-bond donors (Lipinski definition) is 1. The quantitative estimate of drug-likeness (QED) is 0.335. The second-order valence-corrected chi connectivity index (χ2v) is 10.2. The van der Waals surface area contributed by atoms with Crippen LogP contribution >= 0.6 is 0 Å². The molecule has 0 unspecified atom stereocenters. The Kier molecular flexibility index (Phi) is 6.33. The highest BCUT2D eigenvalue weighted by Gasteiger charge is 2.35. The highest BCUT2D eigenvalue weighted by molar-refractivity contribution is 5.86. The lowest BCUT2D eigenvalue weighted by Gasteiger charge is -2.26. The highest BCUT2D eigenvalue weighted by atomic mass is 16.5. The van der Waals surface area contributed by atoms with Crippen LogP contribution in [0.15, 0.2) is 87.4 Å². The van der Waals surface area contributed by atoms with E-state index >= 15 is 0 Å². The predicted octanol–water partition coefficient (Wildman–Crippen LogP) is 5.90. The zero-order valence-corrected chi connectivity index (χ0v) is 21.7. The molecule has 2 N–H and O–H groups in total. The summed E-state index contributed by atoms with van der Waals surface area (Å²) in [5.74, 6) is 0.809. The molecule has 1 atom stereocenters. The topological polar surface area (TPSA) is 108 Å². The van der Waals surface area contributed by atoms with Gasteiger partial charge in [-0.2, -0.15) is 5.26 Å². The molecular weight excluding hydrogens is 480 g/mol. The maximum atomic E-state index is 13.2. The van der Waals surface area contributed by atoms with Crippen LogP contribution in [0.4, 0.5) is 0 Å². The molecule has 38 heavy (non-hydrogen) atoms. The molecule has 0 fully saturated rings. The van der Waals surface area contributed by atoms with Gasteiger partial charge in [0.1, 0.15) is 35.3 Å². The molecule has 192 valence electrons. The van der Waals surface area contributed by atoms with E-state index in [1.54, 1.807) is 37.4 Å². The summed E-state index contributed by atoms with van der Waals surface area (Å²) in [5.41, 5.74) is 9.02. The van der Waals surface area contributed by atoms with Crippen LogP contribution in [0.3, 0.4) is 0 Å². The first-order valence-electron chi connectivity index (χ1n) is 12.2. The van der Waals surface area contributed by atoms with Crippen molar-refractivity contribution in [1.82, 2.24) is 0 Å². The van der Waals surface area contributed by atoms with Crippen molar-refractivity contribution in [2.24, 2.45) is 5.73 Å². The largest absolute Gasteiger partial charge is 0.496 e. The number of hydrogen-bond acceptors (Lipinski definition) is 7. The number of allylic oxidation sites excluding steroid dienone is 1. The Morgan fingerprint density at radius 3 is 2.47 bits per heavy atom. The summed E-state index contributed by atoms with van der Waals surface area (Å²) in [6.45, 7) is 6.70. The third-order valence-corrected chi connectivity index (χ3v) is 6.73. The standard InChI is InChI=1S/C31H28N2O5/c1-31(2,3)20-10-12-21(13-11-20)36-17-19-15-18(9-14-24(19)35-4)26-23(16-32)29(33)38-28-22-7-5-6-8-25(22)37-30(34)27(26)28/h5-15,26H,17,33H2,1-4H3/t26-/m0/s1. The number of ether oxygens (including phenoxy) is 3. The monoisotopic (exact) mass is 508 g/mol. The van der Waals surface area contributed by atoms with E-state index in [1.807, 2.05) is 24.3 Å². The lowest BCUT2D eigenvalue weighted by molar-refractivity contribution is 0.296. The van der Waals surface area contributed by atoms with E-state index in [2.05, 4.69) is 39.0 Å². The Bertz CT molecular complexity index is 1650. The van der Waals surface area contributed by atoms with E-state index < -0.39 is 11.5 Å². The van der Waals surface area contributed by atoms with E-state index in [4.69, 9.17) is 24.4 Å². The van der Waals surface area contributed by atoms with Crippen molar-refractivity contribution in [2.45, 2.75) is 38.7 Å². The second kappa shape index (κ2) is 9.64. The molecule has 0 bridgehead atoms. The van der Waals surface area contributed by atoms with Crippen LogP contribution < -0.4 is 25.6 Å². The summed E-state index contributed by atoms with van der Waals surface area (Å²) >= 11 is 0. The average molecular weight is 509 g/mol. The van der Waals surface area contributed by atoms with Gasteiger partial charge < -0.3 is 24.4 Å². The molecule has 0 aliphatic carbocycles. The smallest absolute Gasteiger partial charge is 0.344 e. The number of methoxy groups -OCH3 is 1. The number of rotatable bonds is 5. The zero-order chi connectivity index (χ0) is 27.0. The number of nitrogens with zero attached hydrogens (tertiary/aromatic N) is 1. The van der Waals surface area contributed by atoms with E-state index in [-0.39, 0.29) is 29.0 Å². The minimum Gasteiger partial charge on any atom is -0.496 e. The lowest BCUT2D eigenvalue weighted by Crippen LogP contribution is -2.26. The van der Waals surface area contributed by atoms with E-state index in [9.17, 15) is 10.1 Å². The van der Waals surface area contributed by atoms with Crippen LogP contribution in [0.5, 0.6) is 17.2 Å². The highest BCUT2D eigenvalue weighted by Crippen LogP contribution is 2.44. The summed E-state index contributed by atoms with van der Waals surface area (Å²) in [6.07, 6.45) is 0. The van der Waals surface area contributed by atoms with Crippen molar-refractivity contribution in [3.05, 3.63) is 111 Å². The Labute approximate surface area is 220 Å². The number of para-hydroxylation sites is 1. The Morgan fingerprint density at radius 1 is 1.05 bits per heavy atom. The molecule has 1 aliphatic rings. The molecule has 1 aliphatic heterocycles. The molecule has 0 radical (unpaired) electrons. The fraction of sp³-hybridized carbons (Fsp3) is 0.226. The molecular formula is C31H28N2O5. The molecule has 4 aromatic rings. The molecule has 5 rings (SSSR count). The van der Waals surface area contributed by atoms with Gasteiger partial charge in [-0.1, -0.05) is 51.1 Å². The SMILES string of the molecule is COc1ccc([C@H]2C(C#N)=C(N)Oc3c2c(=O)oc2ccccc32)cc1COc1ccc(C(C)(C)C)cc1. The Balaban J connectivity index is 1.56. The van der Waals surface area contributed by atoms with Gasteiger partial charge in [-0.25, -0.2) is 4.79 Å². The van der Waals surface area contributed by atoms with Crippen molar-refractivity contribution in [2.75, 3.05) is 7.11 Å². The second-order valence-electron chi connectivity index (χ2n) is 10.2. The fourth-order valence-corrected chi connectivity index (χ4v) is 4.70. The van der Waals surface area contributed by atoms with Crippen LogP contribution in [-0.4, -0.2) is 7.11 Å². The van der Waals surface area contributed by atoms with Crippen LogP contribution in [0, 0.1) is 11.3 Å². The molecule has 7 nitrogen and oxygen atoms in total. The number of fused-ring (bicyclic) bond motifs is 3. The van der Waals surface area contributed by atoms with Crippen molar-refractivity contribution < 1.29 is 18.6 Å². The van der Waals surface area contributed by atoms with E-state index in [0.717, 1.165) is 11.3 Å². The summed E-state index contributed by atoms with van der Waals surface area (Å²) < 4.78 is 23.1. The summed E-state index contributed by atoms with van der Waals surface area (Å²) in [4.78, 5) is 13.2. The minimum atomic E-state index is -0.777. The van der Waals surface area contributed by atoms with Gasteiger partial charge in [-0.3, -0.25) is 0 Å².